The lowest BCUT2D eigenvalue weighted by molar-refractivity contribution is 0.103. The number of ether oxygens (including phenoxy) is 1. The van der Waals surface area contributed by atoms with Gasteiger partial charge >= 0.3 is 0 Å². The van der Waals surface area contributed by atoms with E-state index < -0.39 is 0 Å². The van der Waals surface area contributed by atoms with Gasteiger partial charge in [-0.15, -0.1) is 11.8 Å². The highest BCUT2D eigenvalue weighted by Crippen LogP contribution is 2.28. The summed E-state index contributed by atoms with van der Waals surface area (Å²) >= 11 is 8.25. The summed E-state index contributed by atoms with van der Waals surface area (Å²) < 4.78 is 6.63. The van der Waals surface area contributed by atoms with Crippen LogP contribution in [0, 0.1) is 0 Å². The van der Waals surface area contributed by atoms with Crippen LogP contribution in [0.5, 0.6) is 5.75 Å². The van der Waals surface area contributed by atoms with Gasteiger partial charge in [-0.3, -0.25) is 4.79 Å². The van der Waals surface area contributed by atoms with Crippen molar-refractivity contribution >= 4 is 49.4 Å². The van der Waals surface area contributed by atoms with E-state index in [1.54, 1.807) is 11.8 Å². The second-order valence-corrected chi connectivity index (χ2v) is 7.05. The molecule has 0 saturated carbocycles. The number of hydrogen-bond donors (Lipinski definition) is 0. The van der Waals surface area contributed by atoms with Gasteiger partial charge in [0, 0.05) is 25.8 Å². The van der Waals surface area contributed by atoms with Crippen LogP contribution in [0.1, 0.15) is 15.9 Å². The Labute approximate surface area is 157 Å². The summed E-state index contributed by atoms with van der Waals surface area (Å²) in [5, 5.41) is 0.813. The molecular weight excluding hydrogens is 440 g/mol. The number of carbonyl (C=O) groups is 1. The van der Waals surface area contributed by atoms with Crippen molar-refractivity contribution in [2.24, 2.45) is 0 Å². The summed E-state index contributed by atoms with van der Waals surface area (Å²) in [7, 11) is 0. The summed E-state index contributed by atoms with van der Waals surface area (Å²) in [6, 6.07) is 13.0. The van der Waals surface area contributed by atoms with Gasteiger partial charge in [-0.2, -0.15) is 0 Å². The van der Waals surface area contributed by atoms with Crippen molar-refractivity contribution in [2.75, 3.05) is 18.2 Å². The van der Waals surface area contributed by atoms with E-state index in [-0.39, 0.29) is 5.78 Å². The quantitative estimate of drug-likeness (QED) is 0.230. The molecule has 0 unspecified atom stereocenters. The predicted molar refractivity (Wildman–Crippen MR) is 104 cm³/mol. The summed E-state index contributed by atoms with van der Waals surface area (Å²) in [5.74, 6) is 0.786. The van der Waals surface area contributed by atoms with Gasteiger partial charge < -0.3 is 4.74 Å². The SMILES string of the molecule is CSc1cc(OC/C=C/CBr)ccc1C(=O)c1ccc(Br)cc1. The third-order valence-corrected chi connectivity index (χ3v) is 4.81. The molecule has 0 radical (unpaired) electrons. The van der Waals surface area contributed by atoms with Crippen molar-refractivity contribution in [1.29, 1.82) is 0 Å². The Balaban J connectivity index is 2.20. The molecule has 2 rings (SSSR count). The van der Waals surface area contributed by atoms with Crippen LogP contribution in [0.2, 0.25) is 0 Å². The normalized spacial score (nSPS) is 10.9. The zero-order valence-corrected chi connectivity index (χ0v) is 16.6. The minimum absolute atomic E-state index is 0.0209. The lowest BCUT2D eigenvalue weighted by atomic mass is 10.0. The molecule has 0 aromatic heterocycles. The van der Waals surface area contributed by atoms with Crippen LogP contribution >= 0.6 is 43.6 Å². The number of benzene rings is 2. The Morgan fingerprint density at radius 1 is 1.17 bits per heavy atom. The fourth-order valence-electron chi connectivity index (χ4n) is 1.98. The van der Waals surface area contributed by atoms with E-state index in [4.69, 9.17) is 4.74 Å². The molecule has 0 spiro atoms. The lowest BCUT2D eigenvalue weighted by Crippen LogP contribution is -2.03. The first kappa shape index (κ1) is 18.3. The number of rotatable bonds is 7. The monoisotopic (exact) mass is 454 g/mol. The van der Waals surface area contributed by atoms with E-state index in [2.05, 4.69) is 31.9 Å². The van der Waals surface area contributed by atoms with Gasteiger partial charge in [0.2, 0.25) is 0 Å². The molecule has 5 heteroatoms. The largest absolute Gasteiger partial charge is 0.490 e. The molecule has 2 aromatic carbocycles. The van der Waals surface area contributed by atoms with Crippen molar-refractivity contribution in [3.63, 3.8) is 0 Å². The highest BCUT2D eigenvalue weighted by atomic mass is 79.9. The van der Waals surface area contributed by atoms with Crippen LogP contribution in [0.15, 0.2) is 64.0 Å². The molecule has 0 atom stereocenters. The Morgan fingerprint density at radius 2 is 1.91 bits per heavy atom. The molecule has 0 bridgehead atoms. The maximum absolute atomic E-state index is 12.7. The smallest absolute Gasteiger partial charge is 0.194 e. The van der Waals surface area contributed by atoms with Crippen LogP contribution in [-0.4, -0.2) is 24.0 Å². The van der Waals surface area contributed by atoms with E-state index >= 15 is 0 Å². The molecule has 0 aliphatic carbocycles. The van der Waals surface area contributed by atoms with Crippen LogP contribution in [0.25, 0.3) is 0 Å². The van der Waals surface area contributed by atoms with Gasteiger partial charge in [-0.1, -0.05) is 44.0 Å². The number of carbonyl (C=O) groups excluding carboxylic acids is 1. The summed E-state index contributed by atoms with van der Waals surface area (Å²) in [5.41, 5.74) is 1.38. The molecule has 0 saturated heterocycles. The molecule has 0 fully saturated rings. The first-order chi connectivity index (χ1) is 11.2. The number of allylic oxidation sites excluding steroid dienone is 1. The molecular formula is C18H16Br2O2S. The van der Waals surface area contributed by atoms with Crippen molar-refractivity contribution in [3.8, 4) is 5.75 Å². The van der Waals surface area contributed by atoms with Crippen molar-refractivity contribution < 1.29 is 9.53 Å². The minimum atomic E-state index is 0.0209. The van der Waals surface area contributed by atoms with Crippen LogP contribution in [0.4, 0.5) is 0 Å². The lowest BCUT2D eigenvalue weighted by Gasteiger charge is -2.10. The zero-order valence-electron chi connectivity index (χ0n) is 12.6. The average Bonchev–Trinajstić information content (AvgIpc) is 2.58. The van der Waals surface area contributed by atoms with Gasteiger partial charge in [0.15, 0.2) is 5.78 Å². The van der Waals surface area contributed by atoms with Crippen LogP contribution in [0.3, 0.4) is 0 Å². The third-order valence-electron chi connectivity index (χ3n) is 3.13. The topological polar surface area (TPSA) is 26.3 Å². The Morgan fingerprint density at radius 3 is 2.57 bits per heavy atom. The molecule has 0 heterocycles. The maximum Gasteiger partial charge on any atom is 0.194 e. The highest BCUT2D eigenvalue weighted by Gasteiger charge is 2.14. The summed E-state index contributed by atoms with van der Waals surface area (Å²) in [4.78, 5) is 13.6. The van der Waals surface area contributed by atoms with Gasteiger partial charge in [0.1, 0.15) is 12.4 Å². The number of halogens is 2. The fourth-order valence-corrected chi connectivity index (χ4v) is 3.12. The summed E-state index contributed by atoms with van der Waals surface area (Å²) in [6.45, 7) is 0.513. The van der Waals surface area contributed by atoms with E-state index in [0.29, 0.717) is 17.7 Å². The predicted octanol–water partition coefficient (Wildman–Crippen LogP) is 5.73. The first-order valence-corrected chi connectivity index (χ1v) is 10.1. The van der Waals surface area contributed by atoms with Crippen molar-refractivity contribution in [1.82, 2.24) is 0 Å². The minimum Gasteiger partial charge on any atom is -0.490 e. The van der Waals surface area contributed by atoms with E-state index in [1.165, 1.54) is 0 Å². The standard InChI is InChI=1S/C18H16Br2O2S/c1-23-17-12-15(22-11-3-2-10-19)8-9-16(17)18(21)13-4-6-14(20)7-5-13/h2-9,12H,10-11H2,1H3/b3-2+. The number of alkyl halides is 1. The molecule has 0 amide bonds. The third kappa shape index (κ3) is 5.23. The molecule has 2 aromatic rings. The Hall–Kier alpha value is -1.04. The van der Waals surface area contributed by atoms with Gasteiger partial charge in [-0.25, -0.2) is 0 Å². The van der Waals surface area contributed by atoms with Gasteiger partial charge in [0.25, 0.3) is 0 Å². The van der Waals surface area contributed by atoms with Crippen LogP contribution in [-0.2, 0) is 0 Å². The number of hydrogen-bond acceptors (Lipinski definition) is 3. The summed E-state index contributed by atoms with van der Waals surface area (Å²) in [6.07, 6.45) is 5.90. The molecule has 23 heavy (non-hydrogen) atoms. The van der Waals surface area contributed by atoms with E-state index in [9.17, 15) is 4.79 Å². The number of thioether (sulfide) groups is 1. The van der Waals surface area contributed by atoms with Crippen molar-refractivity contribution in [2.45, 2.75) is 4.90 Å². The van der Waals surface area contributed by atoms with Crippen LogP contribution < -0.4 is 4.74 Å². The number of ketones is 1. The van der Waals surface area contributed by atoms with E-state index in [1.807, 2.05) is 60.9 Å². The van der Waals surface area contributed by atoms with Gasteiger partial charge in [0.05, 0.1) is 0 Å². The Bertz CT molecular complexity index is 697. The second-order valence-electron chi connectivity index (χ2n) is 4.63. The molecule has 120 valence electrons. The highest BCUT2D eigenvalue weighted by molar-refractivity contribution is 9.10. The van der Waals surface area contributed by atoms with Crippen molar-refractivity contribution in [3.05, 3.63) is 70.2 Å². The van der Waals surface area contributed by atoms with E-state index in [0.717, 1.165) is 20.4 Å². The first-order valence-electron chi connectivity index (χ1n) is 6.97. The molecule has 2 nitrogen and oxygen atoms in total. The molecule has 0 aliphatic heterocycles. The maximum atomic E-state index is 12.7. The average molecular weight is 456 g/mol. The molecule has 0 aliphatic rings. The van der Waals surface area contributed by atoms with Gasteiger partial charge in [-0.05, 0) is 48.7 Å². The fraction of sp³-hybridized carbons (Fsp3) is 0.167. The second kappa shape index (κ2) is 9.30. The zero-order chi connectivity index (χ0) is 16.7. The molecule has 0 N–H and O–H groups in total. The Kier molecular flexibility index (Phi) is 7.40.